The number of nitrogens with one attached hydrogen (secondary N) is 1. The van der Waals surface area contributed by atoms with Crippen LogP contribution in [0.1, 0.15) is 43.0 Å². The zero-order valence-corrected chi connectivity index (χ0v) is 14.4. The molecular formula is C16H23ClN4S. The predicted octanol–water partition coefficient (Wildman–Crippen LogP) is 2.88. The Labute approximate surface area is 141 Å². The van der Waals surface area contributed by atoms with E-state index in [-0.39, 0.29) is 12.4 Å². The van der Waals surface area contributed by atoms with Crippen LogP contribution in [0.5, 0.6) is 0 Å². The number of imidazole rings is 1. The molecule has 1 spiro atoms. The fourth-order valence-electron chi connectivity index (χ4n) is 4.21. The first kappa shape index (κ1) is 14.9. The number of thiazole rings is 1. The molecule has 2 aliphatic heterocycles. The monoisotopic (exact) mass is 338 g/mol. The molecule has 6 heteroatoms. The molecular weight excluding hydrogens is 316 g/mol. The van der Waals surface area contributed by atoms with Gasteiger partial charge in [-0.2, -0.15) is 0 Å². The SMILES string of the molecule is Cl.c1cn2c(CN3CCC4(CCNC4)C3)c(C3CC3)nc2s1. The van der Waals surface area contributed by atoms with Gasteiger partial charge in [0, 0.05) is 37.1 Å². The molecule has 1 N–H and O–H groups in total. The highest BCUT2D eigenvalue weighted by Crippen LogP contribution is 2.43. The van der Waals surface area contributed by atoms with Crippen LogP contribution in [0, 0.1) is 5.41 Å². The topological polar surface area (TPSA) is 32.6 Å². The summed E-state index contributed by atoms with van der Waals surface area (Å²) in [6, 6.07) is 0. The normalized spacial score (nSPS) is 28.7. The summed E-state index contributed by atoms with van der Waals surface area (Å²) in [5, 5.41) is 5.72. The van der Waals surface area contributed by atoms with Gasteiger partial charge in [0.2, 0.25) is 0 Å². The summed E-state index contributed by atoms with van der Waals surface area (Å²) < 4.78 is 2.34. The fraction of sp³-hybridized carbons (Fsp3) is 0.688. The molecule has 0 radical (unpaired) electrons. The Kier molecular flexibility index (Phi) is 3.72. The molecule has 1 aliphatic carbocycles. The first-order valence-corrected chi connectivity index (χ1v) is 9.08. The smallest absolute Gasteiger partial charge is 0.194 e. The number of nitrogens with zero attached hydrogens (tertiary/aromatic N) is 3. The van der Waals surface area contributed by atoms with E-state index in [4.69, 9.17) is 4.98 Å². The Balaban J connectivity index is 0.00000125. The first-order valence-electron chi connectivity index (χ1n) is 8.20. The third-order valence-electron chi connectivity index (χ3n) is 5.58. The Morgan fingerprint density at radius 1 is 1.36 bits per heavy atom. The van der Waals surface area contributed by atoms with Gasteiger partial charge in [0.05, 0.1) is 11.4 Å². The van der Waals surface area contributed by atoms with Crippen molar-refractivity contribution in [1.29, 1.82) is 0 Å². The van der Waals surface area contributed by atoms with Crippen LogP contribution < -0.4 is 5.32 Å². The van der Waals surface area contributed by atoms with Gasteiger partial charge < -0.3 is 5.32 Å². The van der Waals surface area contributed by atoms with Crippen molar-refractivity contribution in [3.05, 3.63) is 23.0 Å². The van der Waals surface area contributed by atoms with E-state index >= 15 is 0 Å². The summed E-state index contributed by atoms with van der Waals surface area (Å²) in [5.41, 5.74) is 3.43. The van der Waals surface area contributed by atoms with Gasteiger partial charge in [0.25, 0.3) is 0 Å². The average molecular weight is 339 g/mol. The highest BCUT2D eigenvalue weighted by molar-refractivity contribution is 7.15. The van der Waals surface area contributed by atoms with E-state index in [1.165, 1.54) is 68.2 Å². The summed E-state index contributed by atoms with van der Waals surface area (Å²) in [6.45, 7) is 6.04. The summed E-state index contributed by atoms with van der Waals surface area (Å²) in [7, 11) is 0. The molecule has 2 aromatic heterocycles. The van der Waals surface area contributed by atoms with Gasteiger partial charge in [-0.05, 0) is 44.2 Å². The second kappa shape index (κ2) is 5.48. The van der Waals surface area contributed by atoms with Crippen LogP contribution in [0.4, 0.5) is 0 Å². The maximum Gasteiger partial charge on any atom is 0.194 e. The molecule has 0 amide bonds. The molecule has 3 fully saturated rings. The molecule has 3 aliphatic rings. The molecule has 1 atom stereocenters. The van der Waals surface area contributed by atoms with Crippen LogP contribution >= 0.6 is 23.7 Å². The van der Waals surface area contributed by atoms with Crippen molar-refractivity contribution in [2.45, 2.75) is 38.1 Å². The van der Waals surface area contributed by atoms with Gasteiger partial charge in [-0.15, -0.1) is 23.7 Å². The average Bonchev–Trinajstić information content (AvgIpc) is 2.88. The molecule has 22 heavy (non-hydrogen) atoms. The van der Waals surface area contributed by atoms with E-state index in [9.17, 15) is 0 Å². The van der Waals surface area contributed by atoms with Gasteiger partial charge in [0.1, 0.15) is 0 Å². The highest BCUT2D eigenvalue weighted by atomic mass is 35.5. The second-order valence-corrected chi connectivity index (χ2v) is 8.03. The molecule has 1 unspecified atom stereocenters. The first-order chi connectivity index (χ1) is 10.3. The van der Waals surface area contributed by atoms with Crippen molar-refractivity contribution < 1.29 is 0 Å². The number of halogens is 1. The lowest BCUT2D eigenvalue weighted by Crippen LogP contribution is -2.29. The zero-order valence-electron chi connectivity index (χ0n) is 12.8. The summed E-state index contributed by atoms with van der Waals surface area (Å²) >= 11 is 1.77. The number of aromatic nitrogens is 2. The van der Waals surface area contributed by atoms with Crippen LogP contribution in [-0.4, -0.2) is 40.5 Å². The maximum absolute atomic E-state index is 4.91. The van der Waals surface area contributed by atoms with Crippen LogP contribution in [0.15, 0.2) is 11.6 Å². The minimum absolute atomic E-state index is 0. The van der Waals surface area contributed by atoms with E-state index in [2.05, 4.69) is 26.2 Å². The summed E-state index contributed by atoms with van der Waals surface area (Å²) in [4.78, 5) is 8.76. The molecule has 2 saturated heterocycles. The van der Waals surface area contributed by atoms with E-state index in [0.717, 1.165) is 12.5 Å². The van der Waals surface area contributed by atoms with Gasteiger partial charge in [-0.25, -0.2) is 4.98 Å². The van der Waals surface area contributed by atoms with Gasteiger partial charge >= 0.3 is 0 Å². The van der Waals surface area contributed by atoms with Crippen molar-refractivity contribution >= 4 is 28.7 Å². The van der Waals surface area contributed by atoms with Crippen molar-refractivity contribution in [2.75, 3.05) is 26.2 Å². The Morgan fingerprint density at radius 3 is 3.05 bits per heavy atom. The molecule has 1 saturated carbocycles. The maximum atomic E-state index is 4.91. The number of rotatable bonds is 3. The molecule has 0 bridgehead atoms. The number of likely N-dealkylation sites (tertiary alicyclic amines) is 1. The molecule has 2 aromatic rings. The molecule has 0 aromatic carbocycles. The van der Waals surface area contributed by atoms with Crippen LogP contribution in [0.2, 0.25) is 0 Å². The summed E-state index contributed by atoms with van der Waals surface area (Å²) in [6.07, 6.45) is 7.61. The van der Waals surface area contributed by atoms with E-state index in [1.54, 1.807) is 11.3 Å². The lowest BCUT2D eigenvalue weighted by Gasteiger charge is -2.23. The third kappa shape index (κ3) is 2.39. The Bertz CT molecular complexity index is 669. The van der Waals surface area contributed by atoms with Gasteiger partial charge in [-0.3, -0.25) is 9.30 Å². The fourth-order valence-corrected chi connectivity index (χ4v) is 4.95. The van der Waals surface area contributed by atoms with Crippen molar-refractivity contribution in [3.63, 3.8) is 0 Å². The Hall–Kier alpha value is -0.620. The van der Waals surface area contributed by atoms with Gasteiger partial charge in [0.15, 0.2) is 4.96 Å². The minimum Gasteiger partial charge on any atom is -0.316 e. The zero-order chi connectivity index (χ0) is 13.9. The molecule has 120 valence electrons. The second-order valence-electron chi connectivity index (χ2n) is 7.16. The number of hydrogen-bond acceptors (Lipinski definition) is 4. The molecule has 4 heterocycles. The van der Waals surface area contributed by atoms with Crippen LogP contribution in [-0.2, 0) is 6.54 Å². The van der Waals surface area contributed by atoms with E-state index in [1.807, 2.05) is 0 Å². The van der Waals surface area contributed by atoms with Crippen molar-refractivity contribution in [2.24, 2.45) is 5.41 Å². The van der Waals surface area contributed by atoms with Crippen molar-refractivity contribution in [3.8, 4) is 0 Å². The van der Waals surface area contributed by atoms with Crippen LogP contribution in [0.3, 0.4) is 0 Å². The lowest BCUT2D eigenvalue weighted by atomic mass is 9.87. The Morgan fingerprint density at radius 2 is 2.27 bits per heavy atom. The number of hydrogen-bond donors (Lipinski definition) is 1. The van der Waals surface area contributed by atoms with E-state index in [0.29, 0.717) is 5.41 Å². The summed E-state index contributed by atoms with van der Waals surface area (Å²) in [5.74, 6) is 0.747. The quantitative estimate of drug-likeness (QED) is 0.934. The molecule has 4 nitrogen and oxygen atoms in total. The number of fused-ring (bicyclic) bond motifs is 1. The van der Waals surface area contributed by atoms with Crippen LogP contribution in [0.25, 0.3) is 4.96 Å². The third-order valence-corrected chi connectivity index (χ3v) is 6.34. The van der Waals surface area contributed by atoms with Gasteiger partial charge in [-0.1, -0.05) is 0 Å². The molecule has 5 rings (SSSR count). The largest absolute Gasteiger partial charge is 0.316 e. The predicted molar refractivity (Wildman–Crippen MR) is 92.1 cm³/mol. The highest BCUT2D eigenvalue weighted by Gasteiger charge is 2.41. The standard InChI is InChI=1S/C16H22N4S.ClH/c1-2-12(1)14-13(20-7-8-21-15(20)18-14)9-19-6-4-16(11-19)3-5-17-10-16;/h7-8,12,17H,1-6,9-11H2;1H. The lowest BCUT2D eigenvalue weighted by molar-refractivity contribution is 0.265. The minimum atomic E-state index is 0. The van der Waals surface area contributed by atoms with E-state index < -0.39 is 0 Å². The van der Waals surface area contributed by atoms with Crippen molar-refractivity contribution in [1.82, 2.24) is 19.6 Å².